The summed E-state index contributed by atoms with van der Waals surface area (Å²) in [5.41, 5.74) is 1.20. The molecule has 0 aliphatic rings. The van der Waals surface area contributed by atoms with Gasteiger partial charge in [-0.05, 0) is 24.7 Å². The number of carbonyl (C=O) groups excluding carboxylic acids is 1. The van der Waals surface area contributed by atoms with Crippen molar-refractivity contribution in [2.24, 2.45) is 0 Å². The van der Waals surface area contributed by atoms with Gasteiger partial charge in [-0.25, -0.2) is 0 Å². The number of rotatable bonds is 7. The van der Waals surface area contributed by atoms with Gasteiger partial charge >= 0.3 is 0 Å². The first kappa shape index (κ1) is 12.5. The molecule has 1 amide bonds. The molecule has 1 aromatic rings. The fourth-order valence-corrected chi connectivity index (χ4v) is 1.48. The maximum absolute atomic E-state index is 10.1. The van der Waals surface area contributed by atoms with Gasteiger partial charge in [-0.1, -0.05) is 12.1 Å². The summed E-state index contributed by atoms with van der Waals surface area (Å²) in [5, 5.41) is 2.64. The van der Waals surface area contributed by atoms with E-state index in [4.69, 9.17) is 4.74 Å². The van der Waals surface area contributed by atoms with E-state index in [0.717, 1.165) is 25.2 Å². The van der Waals surface area contributed by atoms with E-state index in [2.05, 4.69) is 16.3 Å². The Balaban J connectivity index is 2.42. The number of methoxy groups -OCH3 is 1. The van der Waals surface area contributed by atoms with Crippen LogP contribution in [0.3, 0.4) is 0 Å². The molecule has 4 nitrogen and oxygen atoms in total. The van der Waals surface area contributed by atoms with Gasteiger partial charge in [0.05, 0.1) is 7.11 Å². The Labute approximate surface area is 96.2 Å². The third-order valence-corrected chi connectivity index (χ3v) is 2.31. The molecule has 0 saturated heterocycles. The van der Waals surface area contributed by atoms with Gasteiger partial charge in [0.1, 0.15) is 5.75 Å². The van der Waals surface area contributed by atoms with Crippen LogP contribution in [-0.4, -0.2) is 38.6 Å². The molecule has 0 unspecified atom stereocenters. The lowest BCUT2D eigenvalue weighted by Crippen LogP contribution is -2.28. The van der Waals surface area contributed by atoms with Crippen LogP contribution in [0.5, 0.6) is 5.75 Å². The minimum Gasteiger partial charge on any atom is -0.497 e. The fourth-order valence-electron chi connectivity index (χ4n) is 1.48. The maximum atomic E-state index is 10.1. The van der Waals surface area contributed by atoms with E-state index in [-0.39, 0.29) is 0 Å². The third kappa shape index (κ3) is 4.31. The van der Waals surface area contributed by atoms with E-state index in [1.165, 1.54) is 5.56 Å². The molecule has 88 valence electrons. The lowest BCUT2D eigenvalue weighted by atomic mass is 10.2. The van der Waals surface area contributed by atoms with Crippen LogP contribution in [0.25, 0.3) is 0 Å². The van der Waals surface area contributed by atoms with Gasteiger partial charge in [-0.2, -0.15) is 0 Å². The quantitative estimate of drug-likeness (QED) is 0.550. The highest BCUT2D eigenvalue weighted by molar-refractivity contribution is 5.45. The SMILES string of the molecule is COc1cccc(CN(C)CCNC=O)c1. The van der Waals surface area contributed by atoms with Crippen molar-refractivity contribution in [2.45, 2.75) is 6.54 Å². The molecule has 16 heavy (non-hydrogen) atoms. The predicted octanol–water partition coefficient (Wildman–Crippen LogP) is 0.873. The third-order valence-electron chi connectivity index (χ3n) is 2.31. The maximum Gasteiger partial charge on any atom is 0.207 e. The lowest BCUT2D eigenvalue weighted by molar-refractivity contribution is -0.109. The van der Waals surface area contributed by atoms with Crippen LogP contribution < -0.4 is 10.1 Å². The molecule has 0 aliphatic heterocycles. The first-order valence-corrected chi connectivity index (χ1v) is 5.24. The molecule has 0 spiro atoms. The minimum absolute atomic E-state index is 0.671. The minimum atomic E-state index is 0.671. The molecule has 0 aliphatic carbocycles. The zero-order valence-corrected chi connectivity index (χ0v) is 9.77. The highest BCUT2D eigenvalue weighted by Gasteiger charge is 2.00. The number of hydrogen-bond acceptors (Lipinski definition) is 3. The molecular formula is C12H18N2O2. The molecule has 0 atom stereocenters. The summed E-state index contributed by atoms with van der Waals surface area (Å²) >= 11 is 0. The number of nitrogens with one attached hydrogen (secondary N) is 1. The number of benzene rings is 1. The van der Waals surface area contributed by atoms with Crippen molar-refractivity contribution < 1.29 is 9.53 Å². The Bertz CT molecular complexity index is 329. The fraction of sp³-hybridized carbons (Fsp3) is 0.417. The number of nitrogens with zero attached hydrogens (tertiary/aromatic N) is 1. The molecule has 0 fully saturated rings. The zero-order valence-electron chi connectivity index (χ0n) is 9.77. The molecule has 1 aromatic carbocycles. The van der Waals surface area contributed by atoms with Crippen LogP contribution in [0, 0.1) is 0 Å². The van der Waals surface area contributed by atoms with Crippen LogP contribution in [-0.2, 0) is 11.3 Å². The summed E-state index contributed by atoms with van der Waals surface area (Å²) in [6, 6.07) is 7.99. The zero-order chi connectivity index (χ0) is 11.8. The van der Waals surface area contributed by atoms with Gasteiger partial charge in [-0.15, -0.1) is 0 Å². The van der Waals surface area contributed by atoms with Crippen LogP contribution in [0.4, 0.5) is 0 Å². The summed E-state index contributed by atoms with van der Waals surface area (Å²) in [7, 11) is 3.68. The second-order valence-electron chi connectivity index (χ2n) is 3.66. The molecule has 1 N–H and O–H groups in total. The van der Waals surface area contributed by atoms with Gasteiger partial charge in [-0.3, -0.25) is 4.79 Å². The van der Waals surface area contributed by atoms with E-state index in [1.54, 1.807) is 7.11 Å². The van der Waals surface area contributed by atoms with Crippen molar-refractivity contribution in [2.75, 3.05) is 27.2 Å². The summed E-state index contributed by atoms with van der Waals surface area (Å²) in [6.07, 6.45) is 0.722. The predicted molar refractivity (Wildman–Crippen MR) is 63.4 cm³/mol. The van der Waals surface area contributed by atoms with Gasteiger partial charge in [0, 0.05) is 19.6 Å². The van der Waals surface area contributed by atoms with Gasteiger partial charge in [0.15, 0.2) is 0 Å². The molecule has 0 bridgehead atoms. The Morgan fingerprint density at radius 3 is 3.00 bits per heavy atom. The van der Waals surface area contributed by atoms with Gasteiger partial charge in [0.2, 0.25) is 6.41 Å². The first-order chi connectivity index (χ1) is 7.76. The molecule has 0 aromatic heterocycles. The molecule has 0 saturated carbocycles. The first-order valence-electron chi connectivity index (χ1n) is 5.24. The Hall–Kier alpha value is -1.55. The highest BCUT2D eigenvalue weighted by Crippen LogP contribution is 2.13. The van der Waals surface area contributed by atoms with E-state index in [9.17, 15) is 4.79 Å². The number of likely N-dealkylation sites (N-methyl/N-ethyl adjacent to an activating group) is 1. The molecule has 4 heteroatoms. The summed E-state index contributed by atoms with van der Waals surface area (Å²) < 4.78 is 5.16. The second-order valence-corrected chi connectivity index (χ2v) is 3.66. The Morgan fingerprint density at radius 1 is 1.50 bits per heavy atom. The van der Waals surface area contributed by atoms with Crippen LogP contribution in [0.15, 0.2) is 24.3 Å². The molecular weight excluding hydrogens is 204 g/mol. The monoisotopic (exact) mass is 222 g/mol. The molecule has 0 radical (unpaired) electrons. The van der Waals surface area contributed by atoms with Crippen molar-refractivity contribution in [1.82, 2.24) is 10.2 Å². The van der Waals surface area contributed by atoms with Gasteiger partial charge in [0.25, 0.3) is 0 Å². The Kier molecular flexibility index (Phi) is 5.36. The normalized spacial score (nSPS) is 10.2. The lowest BCUT2D eigenvalue weighted by Gasteiger charge is -2.16. The van der Waals surface area contributed by atoms with E-state index in [1.807, 2.05) is 25.2 Å². The number of amides is 1. The largest absolute Gasteiger partial charge is 0.497 e. The van der Waals surface area contributed by atoms with E-state index >= 15 is 0 Å². The van der Waals surface area contributed by atoms with Crippen molar-refractivity contribution >= 4 is 6.41 Å². The second kappa shape index (κ2) is 6.85. The van der Waals surface area contributed by atoms with Crippen molar-refractivity contribution in [3.63, 3.8) is 0 Å². The Morgan fingerprint density at radius 2 is 2.31 bits per heavy atom. The molecule has 0 heterocycles. The summed E-state index contributed by atoms with van der Waals surface area (Å²) in [6.45, 7) is 2.34. The standard InChI is InChI=1S/C12H18N2O2/c1-14(7-6-13-10-15)9-11-4-3-5-12(8-11)16-2/h3-5,8,10H,6-7,9H2,1-2H3,(H,13,15). The van der Waals surface area contributed by atoms with E-state index < -0.39 is 0 Å². The van der Waals surface area contributed by atoms with E-state index in [0.29, 0.717) is 6.54 Å². The van der Waals surface area contributed by atoms with Crippen molar-refractivity contribution in [1.29, 1.82) is 0 Å². The summed E-state index contributed by atoms with van der Waals surface area (Å²) in [4.78, 5) is 12.2. The van der Waals surface area contributed by atoms with Crippen LogP contribution in [0.1, 0.15) is 5.56 Å². The topological polar surface area (TPSA) is 41.6 Å². The molecule has 1 rings (SSSR count). The van der Waals surface area contributed by atoms with Crippen LogP contribution in [0.2, 0.25) is 0 Å². The average Bonchev–Trinajstić information content (AvgIpc) is 2.29. The van der Waals surface area contributed by atoms with Crippen molar-refractivity contribution in [3.8, 4) is 5.75 Å². The number of ether oxygens (including phenoxy) is 1. The summed E-state index contributed by atoms with van der Waals surface area (Å²) in [5.74, 6) is 0.872. The van der Waals surface area contributed by atoms with Crippen LogP contribution >= 0.6 is 0 Å². The number of carbonyl (C=O) groups is 1. The highest BCUT2D eigenvalue weighted by atomic mass is 16.5. The van der Waals surface area contributed by atoms with Gasteiger partial charge < -0.3 is 15.0 Å². The smallest absolute Gasteiger partial charge is 0.207 e. The number of hydrogen-bond donors (Lipinski definition) is 1. The van der Waals surface area contributed by atoms with Crippen molar-refractivity contribution in [3.05, 3.63) is 29.8 Å². The average molecular weight is 222 g/mol.